The molecule has 0 aromatic heterocycles. The number of carbonyl (C=O) groups is 1. The van der Waals surface area contributed by atoms with Crippen molar-refractivity contribution < 1.29 is 19.0 Å². The van der Waals surface area contributed by atoms with E-state index in [4.69, 9.17) is 9.84 Å². The first kappa shape index (κ1) is 12.2. The Morgan fingerprint density at radius 1 is 1.65 bits per heavy atom. The number of benzene rings is 1. The van der Waals surface area contributed by atoms with Crippen molar-refractivity contribution in [3.63, 3.8) is 0 Å². The van der Waals surface area contributed by atoms with Crippen LogP contribution in [0.4, 0.5) is 4.39 Å². The highest BCUT2D eigenvalue weighted by Gasteiger charge is 2.30. The highest BCUT2D eigenvalue weighted by molar-refractivity contribution is 7.99. The van der Waals surface area contributed by atoms with Crippen molar-refractivity contribution in [1.29, 1.82) is 0 Å². The molecule has 0 spiro atoms. The summed E-state index contributed by atoms with van der Waals surface area (Å²) in [6.45, 7) is 0. The smallest absolute Gasteiger partial charge is 0.321 e. The van der Waals surface area contributed by atoms with E-state index >= 15 is 0 Å². The number of carboxylic acid groups (broad SMARTS) is 1. The van der Waals surface area contributed by atoms with E-state index in [0.717, 1.165) is 5.56 Å². The molecular formula is C11H12FNO3S. The Morgan fingerprint density at radius 3 is 2.94 bits per heavy atom. The molecule has 2 atom stereocenters. The summed E-state index contributed by atoms with van der Waals surface area (Å²) in [7, 11) is 1.40. The normalized spacial score (nSPS) is 23.6. The summed E-state index contributed by atoms with van der Waals surface area (Å²) in [4.78, 5) is 10.8. The molecule has 92 valence electrons. The average Bonchev–Trinajstić information content (AvgIpc) is 2.78. The quantitative estimate of drug-likeness (QED) is 0.861. The SMILES string of the molecule is COc1ccc(C2NC(C(=O)O)CS2)cc1F. The van der Waals surface area contributed by atoms with Gasteiger partial charge in [-0.1, -0.05) is 6.07 Å². The Kier molecular flexibility index (Phi) is 3.54. The second-order valence-electron chi connectivity index (χ2n) is 3.66. The molecule has 2 N–H and O–H groups in total. The van der Waals surface area contributed by atoms with Crippen LogP contribution in [0.2, 0.25) is 0 Å². The minimum atomic E-state index is -0.881. The Hall–Kier alpha value is -1.27. The fraction of sp³-hybridized carbons (Fsp3) is 0.364. The molecule has 0 radical (unpaired) electrons. The van der Waals surface area contributed by atoms with Crippen LogP contribution in [0.15, 0.2) is 18.2 Å². The maximum absolute atomic E-state index is 13.5. The lowest BCUT2D eigenvalue weighted by Crippen LogP contribution is -2.33. The molecule has 0 saturated carbocycles. The molecule has 2 unspecified atom stereocenters. The van der Waals surface area contributed by atoms with Gasteiger partial charge in [-0.25, -0.2) is 4.39 Å². The Labute approximate surface area is 102 Å². The summed E-state index contributed by atoms with van der Waals surface area (Å²) in [5, 5.41) is 11.6. The molecule has 0 amide bonds. The van der Waals surface area contributed by atoms with Gasteiger partial charge in [0.05, 0.1) is 12.5 Å². The van der Waals surface area contributed by atoms with E-state index in [0.29, 0.717) is 5.75 Å². The zero-order valence-corrected chi connectivity index (χ0v) is 9.96. The van der Waals surface area contributed by atoms with Crippen LogP contribution in [-0.4, -0.2) is 30.0 Å². The topological polar surface area (TPSA) is 58.6 Å². The van der Waals surface area contributed by atoms with Gasteiger partial charge in [-0.15, -0.1) is 11.8 Å². The zero-order valence-electron chi connectivity index (χ0n) is 9.14. The number of hydrogen-bond donors (Lipinski definition) is 2. The van der Waals surface area contributed by atoms with Gasteiger partial charge in [-0.3, -0.25) is 10.1 Å². The largest absolute Gasteiger partial charge is 0.494 e. The molecule has 1 heterocycles. The highest BCUT2D eigenvalue weighted by atomic mass is 32.2. The third-order valence-corrected chi connectivity index (χ3v) is 3.83. The van der Waals surface area contributed by atoms with Crippen molar-refractivity contribution >= 4 is 17.7 Å². The summed E-state index contributed by atoms with van der Waals surface area (Å²) in [6.07, 6.45) is 0. The van der Waals surface area contributed by atoms with Crippen molar-refractivity contribution in [2.75, 3.05) is 12.9 Å². The Balaban J connectivity index is 2.14. The second kappa shape index (κ2) is 4.93. The molecule has 1 aromatic carbocycles. The number of halogens is 1. The molecule has 2 rings (SSSR count). The number of nitrogens with one attached hydrogen (secondary N) is 1. The first-order valence-corrected chi connectivity index (χ1v) is 6.10. The monoisotopic (exact) mass is 257 g/mol. The van der Waals surface area contributed by atoms with E-state index in [2.05, 4.69) is 5.32 Å². The predicted octanol–water partition coefficient (Wildman–Crippen LogP) is 1.62. The number of methoxy groups -OCH3 is 1. The van der Waals surface area contributed by atoms with E-state index < -0.39 is 17.8 Å². The number of thioether (sulfide) groups is 1. The minimum Gasteiger partial charge on any atom is -0.494 e. The molecular weight excluding hydrogens is 245 g/mol. The lowest BCUT2D eigenvalue weighted by molar-refractivity contribution is -0.138. The van der Waals surface area contributed by atoms with Crippen molar-refractivity contribution in [3.05, 3.63) is 29.6 Å². The number of ether oxygens (including phenoxy) is 1. The van der Waals surface area contributed by atoms with Gasteiger partial charge in [0.1, 0.15) is 6.04 Å². The molecule has 6 heteroatoms. The van der Waals surface area contributed by atoms with Gasteiger partial charge in [0.25, 0.3) is 0 Å². The van der Waals surface area contributed by atoms with E-state index in [1.54, 1.807) is 12.1 Å². The standard InChI is InChI=1S/C11H12FNO3S/c1-16-9-3-2-6(4-7(9)12)10-13-8(5-17-10)11(14)15/h2-4,8,10,13H,5H2,1H3,(H,14,15). The van der Waals surface area contributed by atoms with Crippen molar-refractivity contribution in [1.82, 2.24) is 5.32 Å². The van der Waals surface area contributed by atoms with Crippen molar-refractivity contribution in [3.8, 4) is 5.75 Å². The van der Waals surface area contributed by atoms with Crippen LogP contribution < -0.4 is 10.1 Å². The summed E-state index contributed by atoms with van der Waals surface area (Å²) in [6, 6.07) is 4.07. The van der Waals surface area contributed by atoms with E-state index in [1.165, 1.54) is 24.9 Å². The number of aliphatic carboxylic acids is 1. The predicted molar refractivity (Wildman–Crippen MR) is 62.7 cm³/mol. The molecule has 1 fully saturated rings. The summed E-state index contributed by atoms with van der Waals surface area (Å²) in [5.41, 5.74) is 0.719. The van der Waals surface area contributed by atoms with Crippen LogP contribution in [0.5, 0.6) is 5.75 Å². The first-order valence-electron chi connectivity index (χ1n) is 5.05. The van der Waals surface area contributed by atoms with Gasteiger partial charge < -0.3 is 9.84 Å². The molecule has 1 aliphatic rings. The minimum absolute atomic E-state index is 0.184. The van der Waals surface area contributed by atoms with Gasteiger partial charge in [0, 0.05) is 5.75 Å². The van der Waals surface area contributed by atoms with Crippen molar-refractivity contribution in [2.45, 2.75) is 11.4 Å². The third-order valence-electron chi connectivity index (χ3n) is 2.56. The second-order valence-corrected chi connectivity index (χ2v) is 4.80. The first-order chi connectivity index (χ1) is 8.11. The van der Waals surface area contributed by atoms with E-state index in [1.807, 2.05) is 0 Å². The maximum Gasteiger partial charge on any atom is 0.321 e. The molecule has 1 aliphatic heterocycles. The number of carboxylic acids is 1. The lowest BCUT2D eigenvalue weighted by atomic mass is 10.2. The lowest BCUT2D eigenvalue weighted by Gasteiger charge is -2.12. The molecule has 0 aliphatic carbocycles. The van der Waals surface area contributed by atoms with Gasteiger partial charge in [0.15, 0.2) is 11.6 Å². The molecule has 1 saturated heterocycles. The van der Waals surface area contributed by atoms with Crippen LogP contribution in [0.1, 0.15) is 10.9 Å². The fourth-order valence-electron chi connectivity index (χ4n) is 1.65. The summed E-state index contributed by atoms with van der Waals surface area (Å²) in [5.74, 6) is -0.653. The van der Waals surface area contributed by atoms with Gasteiger partial charge in [-0.05, 0) is 17.7 Å². The number of hydrogen-bond acceptors (Lipinski definition) is 4. The summed E-state index contributed by atoms with van der Waals surface area (Å²) >= 11 is 1.45. The van der Waals surface area contributed by atoms with Crippen LogP contribution in [0.25, 0.3) is 0 Å². The molecule has 0 bridgehead atoms. The highest BCUT2D eigenvalue weighted by Crippen LogP contribution is 2.34. The Bertz CT molecular complexity index is 441. The van der Waals surface area contributed by atoms with Crippen molar-refractivity contribution in [2.24, 2.45) is 0 Å². The summed E-state index contributed by atoms with van der Waals surface area (Å²) < 4.78 is 18.3. The molecule has 4 nitrogen and oxygen atoms in total. The van der Waals surface area contributed by atoms with E-state index in [9.17, 15) is 9.18 Å². The van der Waals surface area contributed by atoms with Gasteiger partial charge >= 0.3 is 5.97 Å². The third kappa shape index (κ3) is 2.53. The van der Waals surface area contributed by atoms with Gasteiger partial charge in [-0.2, -0.15) is 0 Å². The molecule has 17 heavy (non-hydrogen) atoms. The number of rotatable bonds is 3. The van der Waals surface area contributed by atoms with Gasteiger partial charge in [0.2, 0.25) is 0 Å². The molecule has 1 aromatic rings. The zero-order chi connectivity index (χ0) is 12.4. The van der Waals surface area contributed by atoms with Crippen LogP contribution in [0, 0.1) is 5.82 Å². The van der Waals surface area contributed by atoms with Crippen LogP contribution in [-0.2, 0) is 4.79 Å². The Morgan fingerprint density at radius 2 is 2.41 bits per heavy atom. The van der Waals surface area contributed by atoms with Crippen LogP contribution >= 0.6 is 11.8 Å². The van der Waals surface area contributed by atoms with E-state index in [-0.39, 0.29) is 11.1 Å². The fourth-order valence-corrected chi connectivity index (χ4v) is 2.88. The van der Waals surface area contributed by atoms with Crippen LogP contribution in [0.3, 0.4) is 0 Å². The maximum atomic E-state index is 13.5. The average molecular weight is 257 g/mol.